The highest BCUT2D eigenvalue weighted by molar-refractivity contribution is 8.00. The first-order valence-electron chi connectivity index (χ1n) is 6.85. The zero-order valence-electron chi connectivity index (χ0n) is 10.5. The second-order valence-corrected chi connectivity index (χ2v) is 7.16. The van der Waals surface area contributed by atoms with Gasteiger partial charge >= 0.3 is 0 Å². The van der Waals surface area contributed by atoms with Gasteiger partial charge in [0.1, 0.15) is 5.82 Å². The van der Waals surface area contributed by atoms with E-state index >= 15 is 0 Å². The lowest BCUT2D eigenvalue weighted by atomic mass is 9.89. The minimum Gasteiger partial charge on any atom is -0.263 e. The summed E-state index contributed by atoms with van der Waals surface area (Å²) < 4.78 is 0.170. The van der Waals surface area contributed by atoms with Crippen LogP contribution in [-0.4, -0.2) is 20.9 Å². The van der Waals surface area contributed by atoms with Gasteiger partial charge in [0, 0.05) is 5.92 Å². The summed E-state index contributed by atoms with van der Waals surface area (Å²) in [6, 6.07) is 0. The number of thioether (sulfide) groups is 1. The van der Waals surface area contributed by atoms with E-state index in [0.717, 1.165) is 11.6 Å². The van der Waals surface area contributed by atoms with Gasteiger partial charge in [-0.25, -0.2) is 4.98 Å². The molecule has 2 fully saturated rings. The quantitative estimate of drug-likeness (QED) is 0.873. The van der Waals surface area contributed by atoms with Crippen LogP contribution in [0.3, 0.4) is 0 Å². The van der Waals surface area contributed by atoms with Crippen LogP contribution in [0, 0.1) is 0 Å². The third kappa shape index (κ3) is 2.24. The van der Waals surface area contributed by atoms with Crippen LogP contribution < -0.4 is 0 Å². The predicted molar refractivity (Wildman–Crippen MR) is 71.3 cm³/mol. The zero-order valence-corrected chi connectivity index (χ0v) is 11.4. The molecular formula is C13H21N3S. The van der Waals surface area contributed by atoms with Crippen LogP contribution in [0.1, 0.15) is 69.4 Å². The molecule has 0 spiro atoms. The fraction of sp³-hybridized carbons (Fsp3) is 0.846. The molecule has 0 aromatic carbocycles. The summed E-state index contributed by atoms with van der Waals surface area (Å²) in [5.41, 5.74) is 0. The lowest BCUT2D eigenvalue weighted by Gasteiger charge is -2.20. The molecular weight excluding hydrogens is 230 g/mol. The standard InChI is InChI=1S/C13H21N3S/c1-13(8-5-9-17-13)12-14-11(15-16-12)10-6-3-2-4-7-10/h10H,2-9H2,1H3,(H,14,15,16). The molecule has 1 aliphatic heterocycles. The number of aromatic nitrogens is 3. The Bertz CT molecular complexity index is 376. The van der Waals surface area contributed by atoms with E-state index in [1.807, 2.05) is 11.8 Å². The van der Waals surface area contributed by atoms with Crippen molar-refractivity contribution in [1.82, 2.24) is 15.2 Å². The van der Waals surface area contributed by atoms with Crippen LogP contribution in [-0.2, 0) is 4.75 Å². The molecule has 3 rings (SSSR count). The summed E-state index contributed by atoms with van der Waals surface area (Å²) >= 11 is 2.01. The summed E-state index contributed by atoms with van der Waals surface area (Å²) in [7, 11) is 0. The van der Waals surface area contributed by atoms with Crippen molar-refractivity contribution in [2.75, 3.05) is 5.75 Å². The minimum absolute atomic E-state index is 0.170. The van der Waals surface area contributed by atoms with Crippen LogP contribution in [0.25, 0.3) is 0 Å². The lowest BCUT2D eigenvalue weighted by molar-refractivity contribution is 0.429. The highest BCUT2D eigenvalue weighted by Gasteiger charge is 2.35. The van der Waals surface area contributed by atoms with E-state index in [2.05, 4.69) is 17.1 Å². The Morgan fingerprint density at radius 2 is 2.06 bits per heavy atom. The number of hydrogen-bond acceptors (Lipinski definition) is 3. The van der Waals surface area contributed by atoms with Crippen molar-refractivity contribution in [3.05, 3.63) is 11.6 Å². The Hall–Kier alpha value is -0.510. The molecule has 1 aromatic heterocycles. The Labute approximate surface area is 107 Å². The largest absolute Gasteiger partial charge is 0.263 e. The van der Waals surface area contributed by atoms with Gasteiger partial charge < -0.3 is 0 Å². The molecule has 3 nitrogen and oxygen atoms in total. The van der Waals surface area contributed by atoms with Crippen LogP contribution in [0.4, 0.5) is 0 Å². The van der Waals surface area contributed by atoms with Gasteiger partial charge in [-0.15, -0.1) is 11.8 Å². The first-order valence-corrected chi connectivity index (χ1v) is 7.83. The molecule has 2 aliphatic rings. The SMILES string of the molecule is CC1(c2n[nH]c(C3CCCCC3)n2)CCCS1. The molecule has 17 heavy (non-hydrogen) atoms. The minimum atomic E-state index is 0.170. The normalized spacial score (nSPS) is 30.9. The third-order valence-corrected chi connectivity index (χ3v) is 5.70. The lowest BCUT2D eigenvalue weighted by Crippen LogP contribution is -2.15. The molecule has 1 unspecified atom stereocenters. The van der Waals surface area contributed by atoms with Gasteiger partial charge in [-0.2, -0.15) is 5.10 Å². The van der Waals surface area contributed by atoms with E-state index < -0.39 is 0 Å². The maximum absolute atomic E-state index is 4.80. The molecule has 1 saturated carbocycles. The van der Waals surface area contributed by atoms with Crippen molar-refractivity contribution in [1.29, 1.82) is 0 Å². The summed E-state index contributed by atoms with van der Waals surface area (Å²) in [5, 5.41) is 7.69. The van der Waals surface area contributed by atoms with Crippen molar-refractivity contribution in [3.63, 3.8) is 0 Å². The molecule has 2 heterocycles. The maximum Gasteiger partial charge on any atom is 0.166 e. The number of nitrogens with one attached hydrogen (secondary N) is 1. The first kappa shape index (κ1) is 11.6. The molecule has 1 saturated heterocycles. The fourth-order valence-electron chi connectivity index (χ4n) is 3.02. The van der Waals surface area contributed by atoms with Crippen LogP contribution >= 0.6 is 11.8 Å². The van der Waals surface area contributed by atoms with Crippen molar-refractivity contribution in [2.24, 2.45) is 0 Å². The predicted octanol–water partition coefficient (Wildman–Crippen LogP) is 3.59. The monoisotopic (exact) mass is 251 g/mol. The Balaban J connectivity index is 1.77. The van der Waals surface area contributed by atoms with Crippen LogP contribution in [0.2, 0.25) is 0 Å². The number of aromatic amines is 1. The van der Waals surface area contributed by atoms with Gasteiger partial charge in [0.2, 0.25) is 0 Å². The number of hydrogen-bond donors (Lipinski definition) is 1. The van der Waals surface area contributed by atoms with E-state index in [1.165, 1.54) is 50.7 Å². The second-order valence-electron chi connectivity index (χ2n) is 5.56. The van der Waals surface area contributed by atoms with Gasteiger partial charge in [0.25, 0.3) is 0 Å². The Morgan fingerprint density at radius 1 is 1.24 bits per heavy atom. The van der Waals surface area contributed by atoms with Crippen molar-refractivity contribution in [2.45, 2.75) is 62.5 Å². The topological polar surface area (TPSA) is 41.6 Å². The molecule has 1 N–H and O–H groups in total. The second kappa shape index (κ2) is 4.63. The van der Waals surface area contributed by atoms with Gasteiger partial charge in [-0.1, -0.05) is 19.3 Å². The van der Waals surface area contributed by atoms with Crippen LogP contribution in [0.5, 0.6) is 0 Å². The summed E-state index contributed by atoms with van der Waals surface area (Å²) in [6.45, 7) is 2.29. The van der Waals surface area contributed by atoms with Gasteiger partial charge in [-0.3, -0.25) is 5.10 Å². The van der Waals surface area contributed by atoms with E-state index in [0.29, 0.717) is 5.92 Å². The summed E-state index contributed by atoms with van der Waals surface area (Å²) in [5.74, 6) is 4.08. The third-order valence-electron chi connectivity index (χ3n) is 4.19. The maximum atomic E-state index is 4.80. The average molecular weight is 251 g/mol. The number of H-pyrrole nitrogens is 1. The molecule has 0 bridgehead atoms. The molecule has 4 heteroatoms. The van der Waals surface area contributed by atoms with E-state index in [9.17, 15) is 0 Å². The summed E-state index contributed by atoms with van der Waals surface area (Å²) in [6.07, 6.45) is 9.20. The molecule has 0 amide bonds. The Kier molecular flexibility index (Phi) is 3.16. The number of nitrogens with zero attached hydrogens (tertiary/aromatic N) is 2. The van der Waals surface area contributed by atoms with E-state index in [4.69, 9.17) is 4.98 Å². The number of rotatable bonds is 2. The van der Waals surface area contributed by atoms with Gasteiger partial charge in [-0.05, 0) is 38.4 Å². The molecule has 1 aromatic rings. The van der Waals surface area contributed by atoms with Crippen LogP contribution in [0.15, 0.2) is 0 Å². The van der Waals surface area contributed by atoms with Crippen molar-refractivity contribution >= 4 is 11.8 Å². The summed E-state index contributed by atoms with van der Waals surface area (Å²) in [4.78, 5) is 4.80. The fourth-order valence-corrected chi connectivity index (χ4v) is 4.27. The van der Waals surface area contributed by atoms with Gasteiger partial charge in [0.15, 0.2) is 5.82 Å². The highest BCUT2D eigenvalue weighted by atomic mass is 32.2. The molecule has 1 aliphatic carbocycles. The molecule has 0 radical (unpaired) electrons. The average Bonchev–Trinajstić information content (AvgIpc) is 2.99. The van der Waals surface area contributed by atoms with E-state index in [-0.39, 0.29) is 4.75 Å². The first-order chi connectivity index (χ1) is 8.28. The molecule has 1 atom stereocenters. The smallest absolute Gasteiger partial charge is 0.166 e. The van der Waals surface area contributed by atoms with Crippen molar-refractivity contribution < 1.29 is 0 Å². The van der Waals surface area contributed by atoms with Gasteiger partial charge in [0.05, 0.1) is 4.75 Å². The highest BCUT2D eigenvalue weighted by Crippen LogP contribution is 2.45. The Morgan fingerprint density at radius 3 is 2.76 bits per heavy atom. The van der Waals surface area contributed by atoms with Crippen molar-refractivity contribution in [3.8, 4) is 0 Å². The molecule has 94 valence electrons. The zero-order chi connectivity index (χ0) is 11.7. The van der Waals surface area contributed by atoms with E-state index in [1.54, 1.807) is 0 Å².